The van der Waals surface area contributed by atoms with Crippen molar-refractivity contribution in [2.75, 3.05) is 12.9 Å². The minimum Gasteiger partial charge on any atom is -0.452 e. The Morgan fingerprint density at radius 3 is 2.50 bits per heavy atom. The maximum Gasteiger partial charge on any atom is 0.338 e. The van der Waals surface area contributed by atoms with E-state index in [0.29, 0.717) is 5.02 Å². The fourth-order valence-electron chi connectivity index (χ4n) is 2.15. The molecule has 0 unspecified atom stereocenters. The van der Waals surface area contributed by atoms with Crippen molar-refractivity contribution in [3.05, 3.63) is 34.9 Å². The molecule has 0 aromatic heterocycles. The van der Waals surface area contributed by atoms with Gasteiger partial charge in [-0.15, -0.1) is 11.8 Å². The molecule has 22 heavy (non-hydrogen) atoms. The van der Waals surface area contributed by atoms with Crippen molar-refractivity contribution in [2.24, 2.45) is 0 Å². The molecule has 0 saturated carbocycles. The lowest BCUT2D eigenvalue weighted by molar-refractivity contribution is -0.206. The lowest BCUT2D eigenvalue weighted by Gasteiger charge is -2.41. The summed E-state index contributed by atoms with van der Waals surface area (Å²) < 4.78 is 10.7. The summed E-state index contributed by atoms with van der Waals surface area (Å²) in [7, 11) is 0. The van der Waals surface area contributed by atoms with E-state index in [0.717, 1.165) is 0 Å². The number of aliphatic hydroxyl groups excluding tert-OH is 3. The summed E-state index contributed by atoms with van der Waals surface area (Å²) in [6, 6.07) is 6.10. The molecule has 3 N–H and O–H groups in total. The van der Waals surface area contributed by atoms with Crippen molar-refractivity contribution in [3.8, 4) is 0 Å². The zero-order chi connectivity index (χ0) is 16.3. The van der Waals surface area contributed by atoms with Gasteiger partial charge in [-0.1, -0.05) is 11.6 Å². The average Bonchev–Trinajstić information content (AvgIpc) is 2.52. The Balaban J connectivity index is 2.12. The number of aliphatic hydroxyl groups is 3. The predicted octanol–water partition coefficient (Wildman–Crippen LogP) is 0.667. The van der Waals surface area contributed by atoms with Crippen LogP contribution in [0.1, 0.15) is 10.4 Å². The van der Waals surface area contributed by atoms with Crippen LogP contribution in [0.15, 0.2) is 24.3 Å². The van der Waals surface area contributed by atoms with E-state index in [1.165, 1.54) is 23.9 Å². The number of hydrogen-bond donors (Lipinski definition) is 3. The Morgan fingerprint density at radius 1 is 1.32 bits per heavy atom. The summed E-state index contributed by atoms with van der Waals surface area (Å²) in [6.45, 7) is -0.437. The first-order valence-electron chi connectivity index (χ1n) is 6.59. The van der Waals surface area contributed by atoms with Gasteiger partial charge in [0.25, 0.3) is 0 Å². The Kier molecular flexibility index (Phi) is 6.08. The molecule has 1 aromatic rings. The van der Waals surface area contributed by atoms with Gasteiger partial charge in [0.05, 0.1) is 12.2 Å². The maximum absolute atomic E-state index is 12.1. The third-order valence-electron chi connectivity index (χ3n) is 3.38. The van der Waals surface area contributed by atoms with E-state index in [1.54, 1.807) is 18.4 Å². The molecule has 0 spiro atoms. The van der Waals surface area contributed by atoms with Crippen molar-refractivity contribution in [3.63, 3.8) is 0 Å². The van der Waals surface area contributed by atoms with Gasteiger partial charge in [0.1, 0.15) is 23.7 Å². The zero-order valence-corrected chi connectivity index (χ0v) is 13.3. The van der Waals surface area contributed by atoms with Gasteiger partial charge < -0.3 is 24.8 Å². The molecule has 6 nitrogen and oxygen atoms in total. The smallest absolute Gasteiger partial charge is 0.338 e. The van der Waals surface area contributed by atoms with Crippen LogP contribution < -0.4 is 0 Å². The van der Waals surface area contributed by atoms with E-state index in [9.17, 15) is 15.0 Å². The Hall–Kier alpha value is -0.830. The number of rotatable bonds is 4. The van der Waals surface area contributed by atoms with Crippen molar-refractivity contribution in [1.29, 1.82) is 0 Å². The molecule has 8 heteroatoms. The summed E-state index contributed by atoms with van der Waals surface area (Å²) in [5.74, 6) is -0.655. The number of thioether (sulfide) groups is 1. The zero-order valence-electron chi connectivity index (χ0n) is 11.8. The third-order valence-corrected chi connectivity index (χ3v) is 4.48. The third kappa shape index (κ3) is 3.73. The van der Waals surface area contributed by atoms with Crippen LogP contribution in [0.4, 0.5) is 0 Å². The molecular weight excluding hydrogens is 332 g/mol. The van der Waals surface area contributed by atoms with Gasteiger partial charge in [-0.25, -0.2) is 4.79 Å². The van der Waals surface area contributed by atoms with Crippen LogP contribution in [0.2, 0.25) is 5.02 Å². The lowest BCUT2D eigenvalue weighted by Crippen LogP contribution is -2.58. The van der Waals surface area contributed by atoms with Gasteiger partial charge in [-0.2, -0.15) is 0 Å². The molecule has 1 heterocycles. The van der Waals surface area contributed by atoms with Crippen LogP contribution in [-0.4, -0.2) is 64.0 Å². The van der Waals surface area contributed by atoms with E-state index in [2.05, 4.69) is 0 Å². The number of esters is 1. The number of halogens is 1. The lowest BCUT2D eigenvalue weighted by atomic mass is 10.00. The summed E-state index contributed by atoms with van der Waals surface area (Å²) in [5, 5.41) is 29.6. The van der Waals surface area contributed by atoms with Crippen LogP contribution in [0.5, 0.6) is 0 Å². The second kappa shape index (κ2) is 7.63. The fraction of sp³-hybridized carbons (Fsp3) is 0.500. The molecule has 1 aliphatic rings. The van der Waals surface area contributed by atoms with Crippen molar-refractivity contribution in [2.45, 2.75) is 29.9 Å². The molecule has 122 valence electrons. The van der Waals surface area contributed by atoms with E-state index >= 15 is 0 Å². The molecule has 0 amide bonds. The summed E-state index contributed by atoms with van der Waals surface area (Å²) in [5.41, 5.74) is -0.415. The van der Waals surface area contributed by atoms with Crippen LogP contribution >= 0.6 is 23.4 Å². The first-order chi connectivity index (χ1) is 10.5. The van der Waals surface area contributed by atoms with Crippen molar-refractivity contribution >= 4 is 29.3 Å². The molecule has 1 aliphatic heterocycles. The number of ether oxygens (including phenoxy) is 2. The number of hydrogen-bond acceptors (Lipinski definition) is 7. The minimum atomic E-state index is -1.35. The SMILES string of the molecule is CS[C@@H]1O[C@H](CO)[C@H](O)[C@H](O)[C@H]1OC(=O)c1ccc(Cl)cc1. The normalized spacial score (nSPS) is 31.8. The van der Waals surface area contributed by atoms with Crippen LogP contribution in [0, 0.1) is 0 Å². The molecule has 1 saturated heterocycles. The van der Waals surface area contributed by atoms with Crippen LogP contribution in [0.3, 0.4) is 0 Å². The van der Waals surface area contributed by atoms with Crippen molar-refractivity contribution < 1.29 is 29.6 Å². The van der Waals surface area contributed by atoms with Gasteiger partial charge in [-0.05, 0) is 30.5 Å². The van der Waals surface area contributed by atoms with Crippen LogP contribution in [0.25, 0.3) is 0 Å². The summed E-state index contributed by atoms with van der Waals surface area (Å²) >= 11 is 6.97. The van der Waals surface area contributed by atoms with Crippen LogP contribution in [-0.2, 0) is 9.47 Å². The molecule has 0 radical (unpaired) electrons. The molecule has 2 rings (SSSR count). The molecule has 1 aromatic carbocycles. The maximum atomic E-state index is 12.1. The number of benzene rings is 1. The Morgan fingerprint density at radius 2 is 1.95 bits per heavy atom. The largest absolute Gasteiger partial charge is 0.452 e. The Labute approximate surface area is 137 Å². The molecule has 5 atom stereocenters. The predicted molar refractivity (Wildman–Crippen MR) is 81.9 cm³/mol. The minimum absolute atomic E-state index is 0.273. The first kappa shape index (κ1) is 17.5. The van der Waals surface area contributed by atoms with E-state index in [4.69, 9.17) is 26.2 Å². The second-order valence-corrected chi connectivity index (χ2v) is 6.19. The van der Waals surface area contributed by atoms with Crippen molar-refractivity contribution in [1.82, 2.24) is 0 Å². The number of carbonyl (C=O) groups is 1. The van der Waals surface area contributed by atoms with Gasteiger partial charge in [0.15, 0.2) is 6.10 Å². The highest BCUT2D eigenvalue weighted by molar-refractivity contribution is 7.99. The fourth-order valence-corrected chi connectivity index (χ4v) is 3.01. The summed E-state index contributed by atoms with van der Waals surface area (Å²) in [6.07, 6.45) is -2.93. The summed E-state index contributed by atoms with van der Waals surface area (Å²) in [4.78, 5) is 12.1. The van der Waals surface area contributed by atoms with E-state index in [-0.39, 0.29) is 5.56 Å². The number of carbonyl (C=O) groups excluding carboxylic acids is 1. The van der Waals surface area contributed by atoms with Gasteiger partial charge in [0.2, 0.25) is 0 Å². The topological polar surface area (TPSA) is 96.2 Å². The van der Waals surface area contributed by atoms with E-state index < -0.39 is 42.4 Å². The molecule has 1 fully saturated rings. The highest BCUT2D eigenvalue weighted by Gasteiger charge is 2.46. The quantitative estimate of drug-likeness (QED) is 0.688. The highest BCUT2D eigenvalue weighted by Crippen LogP contribution is 2.29. The highest BCUT2D eigenvalue weighted by atomic mass is 35.5. The molecule has 0 aliphatic carbocycles. The van der Waals surface area contributed by atoms with E-state index in [1.807, 2.05) is 0 Å². The molecular formula is C14H17ClO6S. The average molecular weight is 349 g/mol. The van der Waals surface area contributed by atoms with Gasteiger partial charge in [0, 0.05) is 5.02 Å². The second-order valence-electron chi connectivity index (χ2n) is 4.82. The van der Waals surface area contributed by atoms with Gasteiger partial charge >= 0.3 is 5.97 Å². The van der Waals surface area contributed by atoms with Gasteiger partial charge in [-0.3, -0.25) is 0 Å². The molecule has 0 bridgehead atoms. The first-order valence-corrected chi connectivity index (χ1v) is 8.26. The Bertz CT molecular complexity index is 509. The standard InChI is InChI=1S/C14H17ClO6S/c1-22-14-12(11(18)10(17)9(6-16)20-14)21-13(19)7-2-4-8(15)5-3-7/h2-5,9-12,14,16-18H,6H2,1H3/t9-,10+,11+,12-,14+/m1/s1. The monoisotopic (exact) mass is 348 g/mol.